The van der Waals surface area contributed by atoms with E-state index >= 15 is 0 Å². The minimum absolute atomic E-state index is 0.0183. The molecule has 130 valence electrons. The van der Waals surface area contributed by atoms with Crippen molar-refractivity contribution in [1.29, 1.82) is 0 Å². The number of hydrogen-bond donors (Lipinski definition) is 2. The molecule has 0 aliphatic carbocycles. The SMILES string of the molecule is COc1cc(C=NNC(=O)CN(C)C(=O)c2ccccc2)ccc1O. The highest BCUT2D eigenvalue weighted by molar-refractivity contribution is 5.96. The molecule has 0 aliphatic heterocycles. The largest absolute Gasteiger partial charge is 0.504 e. The van der Waals surface area contributed by atoms with Gasteiger partial charge < -0.3 is 14.7 Å². The van der Waals surface area contributed by atoms with Gasteiger partial charge in [-0.15, -0.1) is 0 Å². The number of carbonyl (C=O) groups is 2. The molecule has 0 atom stereocenters. The van der Waals surface area contributed by atoms with Crippen LogP contribution in [0, 0.1) is 0 Å². The summed E-state index contributed by atoms with van der Waals surface area (Å²) in [5.41, 5.74) is 3.51. The van der Waals surface area contributed by atoms with Crippen molar-refractivity contribution in [2.45, 2.75) is 0 Å². The number of methoxy groups -OCH3 is 1. The van der Waals surface area contributed by atoms with Crippen LogP contribution in [0.2, 0.25) is 0 Å². The summed E-state index contributed by atoms with van der Waals surface area (Å²) in [4.78, 5) is 25.3. The minimum Gasteiger partial charge on any atom is -0.504 e. The summed E-state index contributed by atoms with van der Waals surface area (Å²) in [6.07, 6.45) is 1.42. The molecule has 0 heterocycles. The van der Waals surface area contributed by atoms with Crippen LogP contribution in [0.3, 0.4) is 0 Å². The van der Waals surface area contributed by atoms with Gasteiger partial charge in [0.1, 0.15) is 6.54 Å². The van der Waals surface area contributed by atoms with Crippen molar-refractivity contribution < 1.29 is 19.4 Å². The molecule has 7 heteroatoms. The lowest BCUT2D eigenvalue weighted by Gasteiger charge is -2.15. The maximum Gasteiger partial charge on any atom is 0.259 e. The number of rotatable bonds is 6. The fourth-order valence-corrected chi connectivity index (χ4v) is 2.08. The van der Waals surface area contributed by atoms with E-state index in [1.807, 2.05) is 6.07 Å². The molecular weight excluding hydrogens is 322 g/mol. The maximum atomic E-state index is 12.1. The van der Waals surface area contributed by atoms with E-state index in [1.165, 1.54) is 24.3 Å². The van der Waals surface area contributed by atoms with Gasteiger partial charge in [-0.05, 0) is 35.9 Å². The molecule has 2 rings (SSSR count). The second-order valence-electron chi connectivity index (χ2n) is 5.25. The van der Waals surface area contributed by atoms with Gasteiger partial charge in [-0.1, -0.05) is 18.2 Å². The van der Waals surface area contributed by atoms with Gasteiger partial charge in [0.15, 0.2) is 11.5 Å². The van der Waals surface area contributed by atoms with Crippen LogP contribution in [0.15, 0.2) is 53.6 Å². The van der Waals surface area contributed by atoms with E-state index in [4.69, 9.17) is 4.74 Å². The topological polar surface area (TPSA) is 91.2 Å². The summed E-state index contributed by atoms with van der Waals surface area (Å²) < 4.78 is 4.99. The average Bonchev–Trinajstić information content (AvgIpc) is 2.63. The first-order valence-electron chi connectivity index (χ1n) is 7.50. The fraction of sp³-hybridized carbons (Fsp3) is 0.167. The van der Waals surface area contributed by atoms with Gasteiger partial charge in [0.25, 0.3) is 11.8 Å². The zero-order valence-electron chi connectivity index (χ0n) is 14.0. The van der Waals surface area contributed by atoms with Gasteiger partial charge in [-0.25, -0.2) is 5.43 Å². The highest BCUT2D eigenvalue weighted by Crippen LogP contribution is 2.25. The lowest BCUT2D eigenvalue weighted by molar-refractivity contribution is -0.121. The van der Waals surface area contributed by atoms with Crippen molar-refractivity contribution in [3.05, 3.63) is 59.7 Å². The van der Waals surface area contributed by atoms with Gasteiger partial charge in [0.05, 0.1) is 13.3 Å². The second kappa shape index (κ2) is 8.49. The Kier molecular flexibility index (Phi) is 6.11. The highest BCUT2D eigenvalue weighted by atomic mass is 16.5. The minimum atomic E-state index is -0.422. The third kappa shape index (κ3) is 5.07. The zero-order chi connectivity index (χ0) is 18.2. The summed E-state index contributed by atoms with van der Waals surface area (Å²) in [5, 5.41) is 13.3. The lowest BCUT2D eigenvalue weighted by atomic mass is 10.2. The van der Waals surface area contributed by atoms with E-state index in [0.717, 1.165) is 0 Å². The van der Waals surface area contributed by atoms with Crippen LogP contribution in [0.4, 0.5) is 0 Å². The number of benzene rings is 2. The maximum absolute atomic E-state index is 12.1. The number of nitrogens with one attached hydrogen (secondary N) is 1. The third-order valence-electron chi connectivity index (χ3n) is 3.35. The van der Waals surface area contributed by atoms with Crippen LogP contribution in [-0.4, -0.2) is 48.7 Å². The molecule has 2 aromatic carbocycles. The Morgan fingerprint density at radius 1 is 1.24 bits per heavy atom. The fourth-order valence-electron chi connectivity index (χ4n) is 2.08. The number of likely N-dealkylation sites (N-methyl/N-ethyl adjacent to an activating group) is 1. The van der Waals surface area contributed by atoms with Gasteiger partial charge in [-0.2, -0.15) is 5.10 Å². The Labute approximate surface area is 145 Å². The molecule has 7 nitrogen and oxygen atoms in total. The number of ether oxygens (including phenoxy) is 1. The normalized spacial score (nSPS) is 10.5. The number of phenols is 1. The number of hydrazone groups is 1. The molecule has 0 radical (unpaired) electrons. The molecule has 2 amide bonds. The molecule has 0 aliphatic rings. The van der Waals surface area contributed by atoms with Crippen molar-refractivity contribution in [3.63, 3.8) is 0 Å². The summed E-state index contributed by atoms with van der Waals surface area (Å²) >= 11 is 0. The van der Waals surface area contributed by atoms with Gasteiger partial charge in [0, 0.05) is 12.6 Å². The Bertz CT molecular complexity index is 775. The first kappa shape index (κ1) is 18.0. The lowest BCUT2D eigenvalue weighted by Crippen LogP contribution is -2.36. The van der Waals surface area contributed by atoms with Gasteiger partial charge >= 0.3 is 0 Å². The average molecular weight is 341 g/mol. The van der Waals surface area contributed by atoms with Crippen molar-refractivity contribution >= 4 is 18.0 Å². The Morgan fingerprint density at radius 3 is 2.64 bits per heavy atom. The molecule has 2 aromatic rings. The quantitative estimate of drug-likeness (QED) is 0.617. The number of hydrogen-bond acceptors (Lipinski definition) is 5. The summed E-state index contributed by atoms with van der Waals surface area (Å²) in [5.74, 6) is -0.343. The number of amides is 2. The molecule has 25 heavy (non-hydrogen) atoms. The number of carbonyl (C=O) groups excluding carboxylic acids is 2. The van der Waals surface area contributed by atoms with Crippen LogP contribution >= 0.6 is 0 Å². The number of phenolic OH excluding ortho intramolecular Hbond substituents is 1. The highest BCUT2D eigenvalue weighted by Gasteiger charge is 2.14. The smallest absolute Gasteiger partial charge is 0.259 e. The number of nitrogens with zero attached hydrogens (tertiary/aromatic N) is 2. The van der Waals surface area contributed by atoms with Gasteiger partial charge in [0.2, 0.25) is 0 Å². The van der Waals surface area contributed by atoms with Crippen molar-refractivity contribution in [3.8, 4) is 11.5 Å². The van der Waals surface area contributed by atoms with E-state index in [1.54, 1.807) is 43.4 Å². The molecule has 0 spiro atoms. The predicted molar refractivity (Wildman–Crippen MR) is 93.8 cm³/mol. The molecule has 0 bridgehead atoms. The summed E-state index contributed by atoms with van der Waals surface area (Å²) in [6, 6.07) is 13.4. The zero-order valence-corrected chi connectivity index (χ0v) is 14.0. The predicted octanol–water partition coefficient (Wildman–Crippen LogP) is 1.62. The van der Waals surface area contributed by atoms with E-state index < -0.39 is 5.91 Å². The summed E-state index contributed by atoms with van der Waals surface area (Å²) in [6.45, 7) is -0.121. The van der Waals surface area contributed by atoms with E-state index in [0.29, 0.717) is 16.9 Å². The van der Waals surface area contributed by atoms with Crippen molar-refractivity contribution in [1.82, 2.24) is 10.3 Å². The Balaban J connectivity index is 1.89. The van der Waals surface area contributed by atoms with E-state index in [-0.39, 0.29) is 18.2 Å². The molecule has 0 saturated carbocycles. The molecule has 0 aromatic heterocycles. The van der Waals surface area contributed by atoms with E-state index in [9.17, 15) is 14.7 Å². The Morgan fingerprint density at radius 2 is 1.96 bits per heavy atom. The van der Waals surface area contributed by atoms with Crippen LogP contribution in [0.25, 0.3) is 0 Å². The first-order chi connectivity index (χ1) is 12.0. The van der Waals surface area contributed by atoms with Crippen LogP contribution in [-0.2, 0) is 4.79 Å². The second-order valence-corrected chi connectivity index (χ2v) is 5.25. The van der Waals surface area contributed by atoms with Crippen LogP contribution in [0.1, 0.15) is 15.9 Å². The molecule has 0 unspecified atom stereocenters. The molecule has 2 N–H and O–H groups in total. The molecule has 0 fully saturated rings. The van der Waals surface area contributed by atoms with Gasteiger partial charge in [-0.3, -0.25) is 9.59 Å². The monoisotopic (exact) mass is 341 g/mol. The molecular formula is C18H19N3O4. The Hall–Kier alpha value is -3.35. The van der Waals surface area contributed by atoms with Crippen LogP contribution < -0.4 is 10.2 Å². The summed E-state index contributed by atoms with van der Waals surface area (Å²) in [7, 11) is 2.99. The standard InChI is InChI=1S/C18H19N3O4/c1-21(18(24)14-6-4-3-5-7-14)12-17(23)20-19-11-13-8-9-15(22)16(10-13)25-2/h3-11,22H,12H2,1-2H3,(H,20,23). The first-order valence-corrected chi connectivity index (χ1v) is 7.50. The van der Waals surface area contributed by atoms with Crippen molar-refractivity contribution in [2.75, 3.05) is 20.7 Å². The number of aromatic hydroxyl groups is 1. The molecule has 0 saturated heterocycles. The van der Waals surface area contributed by atoms with Crippen molar-refractivity contribution in [2.24, 2.45) is 5.10 Å². The third-order valence-corrected chi connectivity index (χ3v) is 3.35. The van der Waals surface area contributed by atoms with E-state index in [2.05, 4.69) is 10.5 Å². The van der Waals surface area contributed by atoms with Crippen LogP contribution in [0.5, 0.6) is 11.5 Å².